The average molecular weight is 413 g/mol. The first-order valence-corrected chi connectivity index (χ1v) is 9.08. The van der Waals surface area contributed by atoms with Gasteiger partial charge in [-0.25, -0.2) is 8.78 Å². The van der Waals surface area contributed by atoms with Gasteiger partial charge in [0, 0.05) is 41.8 Å². The monoisotopic (exact) mass is 413 g/mol. The molecule has 1 heterocycles. The van der Waals surface area contributed by atoms with Crippen molar-refractivity contribution >= 4 is 29.0 Å². The summed E-state index contributed by atoms with van der Waals surface area (Å²) in [6, 6.07) is 8.13. The smallest absolute Gasteiger partial charge is 0.261 e. The third kappa shape index (κ3) is 4.24. The Hall–Kier alpha value is -3.88. The summed E-state index contributed by atoms with van der Waals surface area (Å²) < 4.78 is 28.7. The van der Waals surface area contributed by atoms with Gasteiger partial charge in [0.25, 0.3) is 5.56 Å². The van der Waals surface area contributed by atoms with E-state index in [1.807, 2.05) is 0 Å². The van der Waals surface area contributed by atoms with E-state index in [9.17, 15) is 13.6 Å². The molecule has 0 saturated carbocycles. The van der Waals surface area contributed by atoms with Gasteiger partial charge >= 0.3 is 0 Å². The predicted molar refractivity (Wildman–Crippen MR) is 115 cm³/mol. The zero-order valence-electron chi connectivity index (χ0n) is 16.4. The van der Waals surface area contributed by atoms with Crippen LogP contribution < -0.4 is 22.3 Å². The van der Waals surface area contributed by atoms with Crippen molar-refractivity contribution in [3.8, 4) is 11.1 Å². The molecule has 0 aliphatic rings. The maximum Gasteiger partial charge on any atom is 0.261 e. The van der Waals surface area contributed by atoms with E-state index < -0.39 is 11.6 Å². The number of halogens is 2. The fraction of sp³-hybridized carbons (Fsp3) is 0.143. The minimum absolute atomic E-state index is 0.0731. The van der Waals surface area contributed by atoms with Gasteiger partial charge < -0.3 is 26.2 Å². The number of oxime groups is 1. The molecule has 1 aromatic heterocycles. The number of nitrogens with one attached hydrogen (secondary N) is 1. The number of benzene rings is 2. The van der Waals surface area contributed by atoms with Crippen molar-refractivity contribution in [2.45, 2.75) is 6.92 Å². The standard InChI is InChI=1S/C21H21F2N5O2/c1-3-30-26-10-15-20(25)16(11-28(2)21(15)29)14-9-13(24)5-7-18(14)27-19-6-4-12(22)8-17(19)23/h4-11,27H,3,24-25H2,1-2H3. The third-order valence-corrected chi connectivity index (χ3v) is 4.37. The van der Waals surface area contributed by atoms with E-state index in [-0.39, 0.29) is 22.5 Å². The molecule has 0 atom stereocenters. The molecule has 7 nitrogen and oxygen atoms in total. The van der Waals surface area contributed by atoms with E-state index in [4.69, 9.17) is 16.3 Å². The summed E-state index contributed by atoms with van der Waals surface area (Å²) in [5.74, 6) is -1.44. The molecular weight excluding hydrogens is 392 g/mol. The summed E-state index contributed by atoms with van der Waals surface area (Å²) in [6.45, 7) is 2.09. The fourth-order valence-corrected chi connectivity index (χ4v) is 2.91. The van der Waals surface area contributed by atoms with Gasteiger partial charge in [-0.15, -0.1) is 0 Å². The van der Waals surface area contributed by atoms with E-state index in [0.717, 1.165) is 12.1 Å². The maximum atomic E-state index is 14.2. The number of aryl methyl sites for hydroxylation is 1. The minimum Gasteiger partial charge on any atom is -0.399 e. The summed E-state index contributed by atoms with van der Waals surface area (Å²) in [6.07, 6.45) is 2.81. The van der Waals surface area contributed by atoms with Crippen molar-refractivity contribution in [3.05, 3.63) is 70.1 Å². The number of hydrogen-bond donors (Lipinski definition) is 3. The van der Waals surface area contributed by atoms with Gasteiger partial charge in [0.2, 0.25) is 0 Å². The van der Waals surface area contributed by atoms with Gasteiger partial charge in [0.1, 0.15) is 18.2 Å². The van der Waals surface area contributed by atoms with Crippen LogP contribution in [0.1, 0.15) is 12.5 Å². The van der Waals surface area contributed by atoms with Crippen LogP contribution >= 0.6 is 0 Å². The minimum atomic E-state index is -0.754. The highest BCUT2D eigenvalue weighted by atomic mass is 19.1. The van der Waals surface area contributed by atoms with Crippen LogP contribution in [0.25, 0.3) is 11.1 Å². The quantitative estimate of drug-likeness (QED) is 0.325. The van der Waals surface area contributed by atoms with Crippen molar-refractivity contribution < 1.29 is 13.6 Å². The van der Waals surface area contributed by atoms with Crippen LogP contribution in [0.5, 0.6) is 0 Å². The Morgan fingerprint density at radius 1 is 1.13 bits per heavy atom. The fourth-order valence-electron chi connectivity index (χ4n) is 2.91. The average Bonchev–Trinajstić information content (AvgIpc) is 2.70. The van der Waals surface area contributed by atoms with Crippen molar-refractivity contribution in [1.82, 2.24) is 4.57 Å². The van der Waals surface area contributed by atoms with Crippen molar-refractivity contribution in [2.24, 2.45) is 12.2 Å². The highest BCUT2D eigenvalue weighted by molar-refractivity contribution is 5.96. The lowest BCUT2D eigenvalue weighted by atomic mass is 10.00. The van der Waals surface area contributed by atoms with Gasteiger partial charge in [-0.2, -0.15) is 0 Å². The molecule has 0 bridgehead atoms. The normalized spacial score (nSPS) is 11.1. The Morgan fingerprint density at radius 2 is 1.87 bits per heavy atom. The largest absolute Gasteiger partial charge is 0.399 e. The number of nitrogen functional groups attached to an aromatic ring is 2. The second-order valence-corrected chi connectivity index (χ2v) is 6.49. The maximum absolute atomic E-state index is 14.2. The molecule has 3 rings (SSSR count). The molecule has 9 heteroatoms. The first-order valence-electron chi connectivity index (χ1n) is 9.08. The van der Waals surface area contributed by atoms with E-state index in [1.165, 1.54) is 16.8 Å². The molecule has 5 N–H and O–H groups in total. The van der Waals surface area contributed by atoms with Gasteiger partial charge in [0.05, 0.1) is 23.2 Å². The molecule has 30 heavy (non-hydrogen) atoms. The number of rotatable bonds is 6. The molecule has 0 saturated heterocycles. The van der Waals surface area contributed by atoms with Gasteiger partial charge in [-0.05, 0) is 37.3 Å². The Kier molecular flexibility index (Phi) is 6.01. The van der Waals surface area contributed by atoms with Crippen LogP contribution in [0, 0.1) is 11.6 Å². The van der Waals surface area contributed by atoms with Crippen LogP contribution in [-0.2, 0) is 11.9 Å². The molecule has 0 unspecified atom stereocenters. The topological polar surface area (TPSA) is 108 Å². The Morgan fingerprint density at radius 3 is 2.57 bits per heavy atom. The Bertz CT molecular complexity index is 1170. The molecule has 0 amide bonds. The second-order valence-electron chi connectivity index (χ2n) is 6.49. The lowest BCUT2D eigenvalue weighted by molar-refractivity contribution is 0.160. The molecule has 2 aromatic carbocycles. The Balaban J connectivity index is 2.16. The number of nitrogens with two attached hydrogens (primary N) is 2. The van der Waals surface area contributed by atoms with Gasteiger partial charge in [-0.1, -0.05) is 5.16 Å². The predicted octanol–water partition coefficient (Wildman–Crippen LogP) is 3.61. The molecule has 0 radical (unpaired) electrons. The van der Waals surface area contributed by atoms with Crippen molar-refractivity contribution in [3.63, 3.8) is 0 Å². The zero-order valence-corrected chi connectivity index (χ0v) is 16.4. The van der Waals surface area contributed by atoms with Crippen LogP contribution in [0.4, 0.5) is 31.5 Å². The summed E-state index contributed by atoms with van der Waals surface area (Å²) in [7, 11) is 1.57. The van der Waals surface area contributed by atoms with Gasteiger partial charge in [-0.3, -0.25) is 4.79 Å². The van der Waals surface area contributed by atoms with E-state index in [0.29, 0.717) is 29.1 Å². The lowest BCUT2D eigenvalue weighted by Crippen LogP contribution is -2.23. The van der Waals surface area contributed by atoms with Crippen LogP contribution in [0.3, 0.4) is 0 Å². The SMILES string of the molecule is CCON=Cc1c(N)c(-c2cc(N)ccc2Nc2ccc(F)cc2F)cn(C)c1=O. The van der Waals surface area contributed by atoms with Crippen molar-refractivity contribution in [2.75, 3.05) is 23.4 Å². The van der Waals surface area contributed by atoms with E-state index in [2.05, 4.69) is 10.5 Å². The summed E-state index contributed by atoms with van der Waals surface area (Å²) in [4.78, 5) is 17.4. The number of anilines is 4. The summed E-state index contributed by atoms with van der Waals surface area (Å²) in [5, 5.41) is 6.67. The van der Waals surface area contributed by atoms with Crippen LogP contribution in [0.2, 0.25) is 0 Å². The molecule has 0 fully saturated rings. The molecule has 3 aromatic rings. The van der Waals surface area contributed by atoms with Crippen LogP contribution in [0.15, 0.2) is 52.5 Å². The van der Waals surface area contributed by atoms with Gasteiger partial charge in [0.15, 0.2) is 0 Å². The van der Waals surface area contributed by atoms with Crippen LogP contribution in [-0.4, -0.2) is 17.4 Å². The number of nitrogens with zero attached hydrogens (tertiary/aromatic N) is 2. The lowest BCUT2D eigenvalue weighted by Gasteiger charge is -2.17. The van der Waals surface area contributed by atoms with Crippen molar-refractivity contribution in [1.29, 1.82) is 0 Å². The molecular formula is C21H21F2N5O2. The highest BCUT2D eigenvalue weighted by Crippen LogP contribution is 2.36. The summed E-state index contributed by atoms with van der Waals surface area (Å²) >= 11 is 0. The highest BCUT2D eigenvalue weighted by Gasteiger charge is 2.16. The van der Waals surface area contributed by atoms with E-state index in [1.54, 1.807) is 38.4 Å². The van der Waals surface area contributed by atoms with E-state index >= 15 is 0 Å². The molecule has 0 spiro atoms. The summed E-state index contributed by atoms with van der Waals surface area (Å²) in [5.41, 5.74) is 14.2. The zero-order chi connectivity index (χ0) is 21.8. The molecule has 0 aliphatic heterocycles. The second kappa shape index (κ2) is 8.64. The molecule has 156 valence electrons. The first kappa shape index (κ1) is 20.8. The first-order chi connectivity index (χ1) is 14.3. The number of pyridine rings is 1. The molecule has 0 aliphatic carbocycles. The number of hydrogen-bond acceptors (Lipinski definition) is 6. The number of aromatic nitrogens is 1. The third-order valence-electron chi connectivity index (χ3n) is 4.37. The Labute approximate surface area is 171 Å².